The number of rotatable bonds is 6. The van der Waals surface area contributed by atoms with E-state index in [1.54, 1.807) is 12.3 Å². The Balaban J connectivity index is 0.00000288. The van der Waals surface area contributed by atoms with Crippen LogP contribution in [0.3, 0.4) is 0 Å². The molecule has 0 spiro atoms. The van der Waals surface area contributed by atoms with Crippen molar-refractivity contribution in [2.45, 2.75) is 19.7 Å². The van der Waals surface area contributed by atoms with Crippen molar-refractivity contribution in [3.63, 3.8) is 0 Å². The molecular weight excluding hydrogens is 495 g/mol. The second-order valence-corrected chi connectivity index (χ2v) is 8.11. The van der Waals surface area contributed by atoms with E-state index in [1.165, 1.54) is 0 Å². The molecule has 0 aliphatic heterocycles. The van der Waals surface area contributed by atoms with Crippen LogP contribution < -0.4 is 5.32 Å². The van der Waals surface area contributed by atoms with Gasteiger partial charge in [0, 0.05) is 45.4 Å². The number of nitrogens with one attached hydrogen (secondary N) is 1. The summed E-state index contributed by atoms with van der Waals surface area (Å²) in [6.07, 6.45) is 1.38. The van der Waals surface area contributed by atoms with Gasteiger partial charge in [-0.05, 0) is 31.3 Å². The van der Waals surface area contributed by atoms with Crippen molar-refractivity contribution in [2.75, 3.05) is 6.29 Å². The van der Waals surface area contributed by atoms with Crippen molar-refractivity contribution in [3.05, 3.63) is 72.1 Å². The third kappa shape index (κ3) is 6.98. The van der Waals surface area contributed by atoms with Crippen LogP contribution in [0.25, 0.3) is 0 Å². The molecule has 7 heteroatoms. The number of nitrogens with zero attached hydrogens (tertiary/aromatic N) is 1. The Bertz CT molecular complexity index is 710. The predicted octanol–water partition coefficient (Wildman–Crippen LogP) is 3.93. The van der Waals surface area contributed by atoms with Gasteiger partial charge in [0.05, 0.1) is 0 Å². The molecule has 0 bridgehead atoms. The van der Waals surface area contributed by atoms with E-state index in [-0.39, 0.29) is 34.0 Å². The van der Waals surface area contributed by atoms with Crippen molar-refractivity contribution in [1.29, 1.82) is 0 Å². The molecule has 0 saturated heterocycles. The quantitative estimate of drug-likeness (QED) is 0.468. The Morgan fingerprint density at radius 3 is 2.62 bits per heavy atom. The fourth-order valence-electron chi connectivity index (χ4n) is 2.03. The second kappa shape index (κ2) is 9.76. The molecule has 24 heavy (non-hydrogen) atoms. The minimum atomic E-state index is -2.79. The average molecular weight is 515 g/mol. The van der Waals surface area contributed by atoms with Gasteiger partial charge in [-0.1, -0.05) is 36.4 Å². The van der Waals surface area contributed by atoms with Gasteiger partial charge in [0.2, 0.25) is 0 Å². The predicted molar refractivity (Wildman–Crippen MR) is 90.3 cm³/mol. The van der Waals surface area contributed by atoms with Crippen LogP contribution in [0.4, 0.5) is 4.79 Å². The molecule has 1 amide bonds. The van der Waals surface area contributed by atoms with Gasteiger partial charge in [-0.2, -0.15) is 0 Å². The SMILES string of the molecule is [CH2-]P(=O)(CNC(=O)OCc1ccccc1)Cc1cccnc1C.[W]. The Labute approximate surface area is 156 Å². The number of hydrogen-bond donors (Lipinski definition) is 1. The molecule has 1 atom stereocenters. The Hall–Kier alpha value is -1.44. The normalized spacial score (nSPS) is 12.6. The Morgan fingerprint density at radius 2 is 1.96 bits per heavy atom. The zero-order chi connectivity index (χ0) is 16.7. The summed E-state index contributed by atoms with van der Waals surface area (Å²) in [5, 5.41) is 2.53. The summed E-state index contributed by atoms with van der Waals surface area (Å²) in [5.74, 6) is 0. The van der Waals surface area contributed by atoms with Gasteiger partial charge >= 0.3 is 6.09 Å². The van der Waals surface area contributed by atoms with Gasteiger partial charge in [-0.3, -0.25) is 11.6 Å². The van der Waals surface area contributed by atoms with E-state index in [0.29, 0.717) is 6.16 Å². The summed E-state index contributed by atoms with van der Waals surface area (Å²) < 4.78 is 17.6. The third-order valence-electron chi connectivity index (χ3n) is 3.30. The van der Waals surface area contributed by atoms with Crippen LogP contribution in [0.15, 0.2) is 48.7 Å². The molecule has 0 fully saturated rings. The number of pyridine rings is 1. The first-order valence-electron chi connectivity index (χ1n) is 7.24. The van der Waals surface area contributed by atoms with Crippen LogP contribution in [0.2, 0.25) is 0 Å². The van der Waals surface area contributed by atoms with Crippen molar-refractivity contribution >= 4 is 13.2 Å². The molecule has 1 aromatic carbocycles. The first kappa shape index (κ1) is 20.6. The number of hydrogen-bond acceptors (Lipinski definition) is 4. The largest absolute Gasteiger partial charge is 0.445 e. The van der Waals surface area contributed by atoms with E-state index in [4.69, 9.17) is 4.74 Å². The van der Waals surface area contributed by atoms with Crippen LogP contribution in [0, 0.1) is 13.6 Å². The molecule has 1 aromatic heterocycles. The van der Waals surface area contributed by atoms with E-state index in [9.17, 15) is 9.36 Å². The van der Waals surface area contributed by atoms with Crippen molar-refractivity contribution in [1.82, 2.24) is 10.3 Å². The average Bonchev–Trinajstić information content (AvgIpc) is 2.54. The molecule has 1 unspecified atom stereocenters. The molecular formula is C17H20N2O3PW-. The molecule has 0 aliphatic rings. The number of aryl methyl sites for hydroxylation is 1. The molecule has 5 nitrogen and oxygen atoms in total. The maximum absolute atomic E-state index is 12.5. The molecule has 2 rings (SSSR count). The van der Waals surface area contributed by atoms with Gasteiger partial charge in [0.25, 0.3) is 0 Å². The van der Waals surface area contributed by atoms with E-state index in [2.05, 4.69) is 17.0 Å². The third-order valence-corrected chi connectivity index (χ3v) is 4.95. The summed E-state index contributed by atoms with van der Waals surface area (Å²) in [5.41, 5.74) is 2.60. The standard InChI is InChI=1S/C17H20N2O3P.W/c1-14-16(9-6-10-18-14)12-23(2,21)13-19-17(20)22-11-15-7-4-3-5-8-15;/h3-10H,2,11-13H2,1H3,(H,19,20);/q-1;. The maximum Gasteiger partial charge on any atom is 0.407 e. The summed E-state index contributed by atoms with van der Waals surface area (Å²) in [4.78, 5) is 15.8. The molecule has 1 N–H and O–H groups in total. The van der Waals surface area contributed by atoms with Crippen molar-refractivity contribution in [2.24, 2.45) is 0 Å². The fourth-order valence-corrected chi connectivity index (χ4v) is 3.52. The topological polar surface area (TPSA) is 68.3 Å². The van der Waals surface area contributed by atoms with E-state index >= 15 is 0 Å². The number of carbonyl (C=O) groups is 1. The molecule has 128 valence electrons. The number of alkyl carbamates (subject to hydrolysis) is 1. The maximum atomic E-state index is 12.5. The van der Waals surface area contributed by atoms with Gasteiger partial charge in [0.15, 0.2) is 0 Å². The Kier molecular flexibility index (Phi) is 8.38. The number of ether oxygens (including phenoxy) is 1. The zero-order valence-corrected chi connectivity index (χ0v) is 17.3. The molecule has 0 saturated carbocycles. The monoisotopic (exact) mass is 515 g/mol. The molecule has 1 heterocycles. The minimum Gasteiger partial charge on any atom is -0.445 e. The van der Waals surface area contributed by atoms with Gasteiger partial charge in [0.1, 0.15) is 6.61 Å². The zero-order valence-electron chi connectivity index (χ0n) is 13.5. The van der Waals surface area contributed by atoms with Gasteiger partial charge in [-0.15, -0.1) is 0 Å². The van der Waals surface area contributed by atoms with Crippen LogP contribution in [0.1, 0.15) is 16.8 Å². The molecule has 0 aliphatic carbocycles. The summed E-state index contributed by atoms with van der Waals surface area (Å²) in [7, 11) is -2.79. The molecule has 0 radical (unpaired) electrons. The first-order chi connectivity index (χ1) is 11.0. The van der Waals surface area contributed by atoms with Crippen molar-refractivity contribution < 1.29 is 35.2 Å². The fraction of sp³-hybridized carbons (Fsp3) is 0.235. The van der Waals surface area contributed by atoms with Gasteiger partial charge in [-0.25, -0.2) is 4.79 Å². The van der Waals surface area contributed by atoms with Crippen LogP contribution >= 0.6 is 7.14 Å². The number of amides is 1. The van der Waals surface area contributed by atoms with E-state index in [1.807, 2.05) is 43.3 Å². The summed E-state index contributed by atoms with van der Waals surface area (Å²) >= 11 is 0. The Morgan fingerprint density at radius 1 is 1.25 bits per heavy atom. The van der Waals surface area contributed by atoms with Crippen LogP contribution in [0.5, 0.6) is 0 Å². The van der Waals surface area contributed by atoms with Crippen LogP contribution in [-0.2, 0) is 43.1 Å². The summed E-state index contributed by atoms with van der Waals surface area (Å²) in [6.45, 7) is 5.79. The second-order valence-electron chi connectivity index (χ2n) is 5.36. The van der Waals surface area contributed by atoms with Crippen LogP contribution in [-0.4, -0.2) is 17.4 Å². The van der Waals surface area contributed by atoms with Gasteiger partial charge < -0.3 is 14.6 Å². The van der Waals surface area contributed by atoms with E-state index < -0.39 is 13.2 Å². The smallest absolute Gasteiger partial charge is 0.407 e. The molecule has 2 aromatic rings. The van der Waals surface area contributed by atoms with E-state index in [0.717, 1.165) is 16.8 Å². The number of aromatic nitrogens is 1. The summed E-state index contributed by atoms with van der Waals surface area (Å²) in [6, 6.07) is 13.0. The minimum absolute atomic E-state index is 0. The first-order valence-corrected chi connectivity index (χ1v) is 9.50. The van der Waals surface area contributed by atoms with Crippen molar-refractivity contribution in [3.8, 4) is 0 Å². The number of benzene rings is 1. The number of carbonyl (C=O) groups excluding carboxylic acids is 1.